The van der Waals surface area contributed by atoms with E-state index in [1.165, 1.54) is 0 Å². The lowest BCUT2D eigenvalue weighted by molar-refractivity contribution is -0.142. The highest BCUT2D eigenvalue weighted by molar-refractivity contribution is 6.05. The van der Waals surface area contributed by atoms with Crippen LogP contribution in [0.5, 0.6) is 0 Å². The van der Waals surface area contributed by atoms with Gasteiger partial charge in [-0.2, -0.15) is 0 Å². The Hall–Kier alpha value is -2.47. The zero-order valence-corrected chi connectivity index (χ0v) is 16.3. The second-order valence-corrected chi connectivity index (χ2v) is 7.91. The summed E-state index contributed by atoms with van der Waals surface area (Å²) < 4.78 is 5.20. The molecule has 1 aromatic carbocycles. The predicted octanol–water partition coefficient (Wildman–Crippen LogP) is 2.77. The molecule has 2 heterocycles. The third kappa shape index (κ3) is 3.37. The van der Waals surface area contributed by atoms with Crippen molar-refractivity contribution in [2.45, 2.75) is 38.1 Å². The lowest BCUT2D eigenvalue weighted by atomic mass is 9.74. The Balaban J connectivity index is 1.51. The van der Waals surface area contributed by atoms with Gasteiger partial charge in [0.1, 0.15) is 5.69 Å². The summed E-state index contributed by atoms with van der Waals surface area (Å²) in [6, 6.07) is 9.90. The van der Waals surface area contributed by atoms with E-state index in [-0.39, 0.29) is 23.3 Å². The average molecular weight is 381 g/mol. The number of piperidine rings is 1. The summed E-state index contributed by atoms with van der Waals surface area (Å²) in [4.78, 5) is 31.7. The van der Waals surface area contributed by atoms with Crippen molar-refractivity contribution in [3.8, 4) is 0 Å². The number of pyridine rings is 1. The molecular weight excluding hydrogens is 354 g/mol. The highest BCUT2D eigenvalue weighted by Crippen LogP contribution is 2.47. The van der Waals surface area contributed by atoms with E-state index in [9.17, 15) is 9.59 Å². The Morgan fingerprint density at radius 3 is 3.04 bits per heavy atom. The van der Waals surface area contributed by atoms with E-state index < -0.39 is 0 Å². The number of amides is 2. The van der Waals surface area contributed by atoms with Crippen LogP contribution in [-0.2, 0) is 9.53 Å². The lowest BCUT2D eigenvalue weighted by Crippen LogP contribution is -2.56. The van der Waals surface area contributed by atoms with Gasteiger partial charge >= 0.3 is 0 Å². The normalized spacial score (nSPS) is 24.4. The fourth-order valence-electron chi connectivity index (χ4n) is 4.98. The van der Waals surface area contributed by atoms with Crippen LogP contribution in [0.15, 0.2) is 36.5 Å². The van der Waals surface area contributed by atoms with Crippen molar-refractivity contribution in [3.05, 3.63) is 42.2 Å². The molecule has 2 fully saturated rings. The van der Waals surface area contributed by atoms with E-state index in [0.29, 0.717) is 31.8 Å². The van der Waals surface area contributed by atoms with Crippen molar-refractivity contribution < 1.29 is 14.3 Å². The number of ether oxygens (including phenoxy) is 1. The first-order valence-corrected chi connectivity index (χ1v) is 10.0. The molecule has 1 saturated heterocycles. The highest BCUT2D eigenvalue weighted by atomic mass is 16.5. The zero-order valence-electron chi connectivity index (χ0n) is 16.3. The largest absolute Gasteiger partial charge is 0.383 e. The monoisotopic (exact) mass is 381 g/mol. The number of likely N-dealkylation sites (tertiary alicyclic amines) is 1. The maximum absolute atomic E-state index is 12.9. The molecule has 1 saturated carbocycles. The Bertz CT molecular complexity index is 879. The van der Waals surface area contributed by atoms with Crippen LogP contribution in [0, 0.1) is 5.41 Å². The molecule has 0 bridgehead atoms. The number of nitrogens with zero attached hydrogens (tertiary/aromatic N) is 2. The number of methoxy groups -OCH3 is 1. The van der Waals surface area contributed by atoms with Gasteiger partial charge in [-0.1, -0.05) is 30.7 Å². The van der Waals surface area contributed by atoms with Gasteiger partial charge in [0.25, 0.3) is 5.91 Å². The summed E-state index contributed by atoms with van der Waals surface area (Å²) in [7, 11) is 1.66. The van der Waals surface area contributed by atoms with E-state index in [1.54, 1.807) is 13.3 Å². The standard InChI is InChI=1S/C22H27N3O3/c1-28-14-13-25-18-7-4-10-22(18,11-8-19(25)26)15-24-21(27)20-17-6-3-2-5-16(17)9-12-23-20/h2-3,5-6,9,12,18H,4,7-8,10-11,13-15H2,1H3,(H,24,27). The van der Waals surface area contributed by atoms with Crippen LogP contribution in [0.3, 0.4) is 0 Å². The molecule has 0 spiro atoms. The molecule has 28 heavy (non-hydrogen) atoms. The van der Waals surface area contributed by atoms with Gasteiger partial charge in [-0.3, -0.25) is 14.6 Å². The van der Waals surface area contributed by atoms with E-state index in [1.807, 2.05) is 35.2 Å². The zero-order chi connectivity index (χ0) is 19.6. The smallest absolute Gasteiger partial charge is 0.270 e. The van der Waals surface area contributed by atoms with Crippen molar-refractivity contribution in [2.24, 2.45) is 5.41 Å². The Labute approximate surface area is 165 Å². The van der Waals surface area contributed by atoms with Gasteiger partial charge in [-0.15, -0.1) is 0 Å². The van der Waals surface area contributed by atoms with E-state index in [0.717, 1.165) is 36.5 Å². The fourth-order valence-corrected chi connectivity index (χ4v) is 4.98. The van der Waals surface area contributed by atoms with Crippen molar-refractivity contribution >= 4 is 22.6 Å². The predicted molar refractivity (Wildman–Crippen MR) is 107 cm³/mol. The maximum Gasteiger partial charge on any atom is 0.270 e. The first-order valence-electron chi connectivity index (χ1n) is 10.0. The molecule has 0 radical (unpaired) electrons. The Kier molecular flexibility index (Phi) is 5.31. The Morgan fingerprint density at radius 2 is 2.18 bits per heavy atom. The van der Waals surface area contributed by atoms with Gasteiger partial charge in [0.2, 0.25) is 5.91 Å². The highest BCUT2D eigenvalue weighted by Gasteiger charge is 2.50. The summed E-state index contributed by atoms with van der Waals surface area (Å²) in [5.41, 5.74) is 0.425. The first-order chi connectivity index (χ1) is 13.6. The van der Waals surface area contributed by atoms with Crippen LogP contribution in [-0.4, -0.2) is 54.5 Å². The van der Waals surface area contributed by atoms with Crippen LogP contribution in [0.2, 0.25) is 0 Å². The molecular formula is C22H27N3O3. The summed E-state index contributed by atoms with van der Waals surface area (Å²) in [6.45, 7) is 1.75. The number of nitrogens with one attached hydrogen (secondary N) is 1. The molecule has 2 aliphatic rings. The quantitative estimate of drug-likeness (QED) is 0.835. The summed E-state index contributed by atoms with van der Waals surface area (Å²) >= 11 is 0. The number of hydrogen-bond donors (Lipinski definition) is 1. The molecule has 2 atom stereocenters. The van der Waals surface area contributed by atoms with Gasteiger partial charge in [0.15, 0.2) is 0 Å². The van der Waals surface area contributed by atoms with Gasteiger partial charge in [-0.05, 0) is 30.7 Å². The molecule has 1 aliphatic carbocycles. The van der Waals surface area contributed by atoms with Crippen molar-refractivity contribution in [3.63, 3.8) is 0 Å². The minimum Gasteiger partial charge on any atom is -0.383 e. The van der Waals surface area contributed by atoms with Crippen LogP contribution in [0.4, 0.5) is 0 Å². The second-order valence-electron chi connectivity index (χ2n) is 7.91. The number of carbonyl (C=O) groups excluding carboxylic acids is 2. The van der Waals surface area contributed by atoms with Crippen LogP contribution in [0.25, 0.3) is 10.8 Å². The van der Waals surface area contributed by atoms with E-state index in [4.69, 9.17) is 4.74 Å². The third-order valence-electron chi connectivity index (χ3n) is 6.42. The number of carbonyl (C=O) groups is 2. The van der Waals surface area contributed by atoms with Crippen molar-refractivity contribution in [1.29, 1.82) is 0 Å². The maximum atomic E-state index is 12.9. The first kappa shape index (κ1) is 18.9. The van der Waals surface area contributed by atoms with E-state index in [2.05, 4.69) is 10.3 Å². The number of rotatable bonds is 6. The summed E-state index contributed by atoms with van der Waals surface area (Å²) in [5.74, 6) is 0.0683. The van der Waals surface area contributed by atoms with Gasteiger partial charge in [0.05, 0.1) is 6.61 Å². The number of hydrogen-bond acceptors (Lipinski definition) is 4. The van der Waals surface area contributed by atoms with Gasteiger partial charge in [0, 0.05) is 49.7 Å². The van der Waals surface area contributed by atoms with Crippen LogP contribution >= 0.6 is 0 Å². The minimum absolute atomic E-state index is 0.0398. The minimum atomic E-state index is -0.142. The molecule has 6 heteroatoms. The number of fused-ring (bicyclic) bond motifs is 2. The van der Waals surface area contributed by atoms with Gasteiger partial charge < -0.3 is 15.0 Å². The molecule has 2 unspecified atom stereocenters. The van der Waals surface area contributed by atoms with Crippen molar-refractivity contribution in [1.82, 2.24) is 15.2 Å². The summed E-state index contributed by atoms with van der Waals surface area (Å²) in [5, 5.41) is 5.02. The van der Waals surface area contributed by atoms with E-state index >= 15 is 0 Å². The molecule has 2 aromatic rings. The van der Waals surface area contributed by atoms with Crippen LogP contribution in [0.1, 0.15) is 42.6 Å². The molecule has 2 amide bonds. The topological polar surface area (TPSA) is 71.5 Å². The summed E-state index contributed by atoms with van der Waals surface area (Å²) in [6.07, 6.45) is 6.19. The molecule has 4 rings (SSSR count). The number of benzene rings is 1. The van der Waals surface area contributed by atoms with Crippen molar-refractivity contribution in [2.75, 3.05) is 26.8 Å². The average Bonchev–Trinajstić information content (AvgIpc) is 3.15. The second kappa shape index (κ2) is 7.87. The molecule has 1 aromatic heterocycles. The molecule has 1 N–H and O–H groups in total. The molecule has 6 nitrogen and oxygen atoms in total. The SMILES string of the molecule is COCCN1C(=O)CCC2(CNC(=O)c3nccc4ccccc34)CCCC12. The molecule has 148 valence electrons. The lowest BCUT2D eigenvalue weighted by Gasteiger charge is -2.46. The van der Waals surface area contributed by atoms with Gasteiger partial charge in [-0.25, -0.2) is 0 Å². The molecule has 1 aliphatic heterocycles. The van der Waals surface area contributed by atoms with Crippen LogP contribution < -0.4 is 5.32 Å². The third-order valence-corrected chi connectivity index (χ3v) is 6.42. The number of aromatic nitrogens is 1. The Morgan fingerprint density at radius 1 is 1.32 bits per heavy atom. The fraction of sp³-hybridized carbons (Fsp3) is 0.500.